The number of benzene rings is 1. The topological polar surface area (TPSA) is 29.5 Å². The van der Waals surface area contributed by atoms with E-state index in [1.165, 1.54) is 0 Å². The first-order valence-electron chi connectivity index (χ1n) is 7.72. The molecule has 0 bridgehead atoms. The van der Waals surface area contributed by atoms with Gasteiger partial charge in [-0.1, -0.05) is 13.3 Å². The van der Waals surface area contributed by atoms with Gasteiger partial charge in [0.15, 0.2) is 0 Å². The number of unbranched alkanes of at least 4 members (excludes halogenated alkanes) is 1. The minimum Gasteiger partial charge on any atom is -0.494 e. The number of ether oxygens (including phenoxy) is 1. The molecule has 1 saturated carbocycles. The molecule has 116 valence electrons. The van der Waals surface area contributed by atoms with E-state index in [1.807, 2.05) is 31.3 Å². The maximum atomic E-state index is 12.3. The third kappa shape index (κ3) is 4.63. The molecular formula is C17H24ClNO2. The number of nitrogens with zero attached hydrogens (tertiary/aromatic N) is 1. The van der Waals surface area contributed by atoms with Crippen LogP contribution in [0, 0.1) is 5.92 Å². The third-order valence-electron chi connectivity index (χ3n) is 3.92. The average Bonchev–Trinajstić information content (AvgIpc) is 2.46. The van der Waals surface area contributed by atoms with Crippen molar-refractivity contribution in [2.24, 2.45) is 5.92 Å². The van der Waals surface area contributed by atoms with Gasteiger partial charge in [-0.05, 0) is 49.4 Å². The number of rotatable bonds is 7. The van der Waals surface area contributed by atoms with Crippen LogP contribution in [0.2, 0.25) is 0 Å². The highest BCUT2D eigenvalue weighted by Crippen LogP contribution is 2.32. The standard InChI is InChI=1S/C17H24ClNO2/c1-3-4-9-21-16-7-5-14(6-8-16)17(20)19(2)12-13-10-15(18)11-13/h5-8,13,15H,3-4,9-12H2,1-2H3. The van der Waals surface area contributed by atoms with Gasteiger partial charge in [-0.2, -0.15) is 0 Å². The normalized spacial score (nSPS) is 20.7. The number of hydrogen-bond acceptors (Lipinski definition) is 2. The molecule has 1 aromatic rings. The SMILES string of the molecule is CCCCOc1ccc(C(=O)N(C)CC2CC(Cl)C2)cc1. The van der Waals surface area contributed by atoms with Crippen molar-refractivity contribution in [1.29, 1.82) is 0 Å². The smallest absolute Gasteiger partial charge is 0.253 e. The lowest BCUT2D eigenvalue weighted by Gasteiger charge is -2.34. The Labute approximate surface area is 132 Å². The van der Waals surface area contributed by atoms with Crippen molar-refractivity contribution in [3.63, 3.8) is 0 Å². The zero-order valence-corrected chi connectivity index (χ0v) is 13.6. The highest BCUT2D eigenvalue weighted by Gasteiger charge is 2.29. The predicted octanol–water partition coefficient (Wildman–Crippen LogP) is 3.95. The van der Waals surface area contributed by atoms with Gasteiger partial charge in [0.05, 0.1) is 6.61 Å². The summed E-state index contributed by atoms with van der Waals surface area (Å²) in [5, 5.41) is 0.304. The molecular weight excluding hydrogens is 286 g/mol. The van der Waals surface area contributed by atoms with Gasteiger partial charge in [0.2, 0.25) is 0 Å². The molecule has 0 spiro atoms. The Hall–Kier alpha value is -1.22. The van der Waals surface area contributed by atoms with Crippen LogP contribution in [0.15, 0.2) is 24.3 Å². The number of carbonyl (C=O) groups is 1. The lowest BCUT2D eigenvalue weighted by atomic mass is 9.84. The fraction of sp³-hybridized carbons (Fsp3) is 0.588. The molecule has 4 heteroatoms. The van der Waals surface area contributed by atoms with Crippen LogP contribution >= 0.6 is 11.6 Å². The minimum absolute atomic E-state index is 0.0631. The van der Waals surface area contributed by atoms with Crippen molar-refractivity contribution in [2.75, 3.05) is 20.2 Å². The van der Waals surface area contributed by atoms with Crippen molar-refractivity contribution in [3.8, 4) is 5.75 Å². The largest absolute Gasteiger partial charge is 0.494 e. The van der Waals surface area contributed by atoms with Crippen LogP contribution in [0.5, 0.6) is 5.75 Å². The molecule has 0 heterocycles. The molecule has 2 rings (SSSR count). The second kappa shape index (κ2) is 7.69. The summed E-state index contributed by atoms with van der Waals surface area (Å²) in [6.45, 7) is 3.65. The van der Waals surface area contributed by atoms with E-state index in [0.717, 1.165) is 44.6 Å². The van der Waals surface area contributed by atoms with Gasteiger partial charge in [0.1, 0.15) is 5.75 Å². The molecule has 1 aromatic carbocycles. The van der Waals surface area contributed by atoms with Gasteiger partial charge >= 0.3 is 0 Å². The summed E-state index contributed by atoms with van der Waals surface area (Å²) in [6.07, 6.45) is 4.20. The summed E-state index contributed by atoms with van der Waals surface area (Å²) in [6, 6.07) is 7.42. The monoisotopic (exact) mass is 309 g/mol. The maximum Gasteiger partial charge on any atom is 0.253 e. The van der Waals surface area contributed by atoms with E-state index in [9.17, 15) is 4.79 Å². The Bertz CT molecular complexity index is 454. The van der Waals surface area contributed by atoms with Crippen LogP contribution in [-0.2, 0) is 0 Å². The highest BCUT2D eigenvalue weighted by atomic mass is 35.5. The first-order valence-corrected chi connectivity index (χ1v) is 8.16. The second-order valence-corrected chi connectivity index (χ2v) is 6.46. The molecule has 3 nitrogen and oxygen atoms in total. The molecule has 0 unspecified atom stereocenters. The quantitative estimate of drug-likeness (QED) is 0.564. The van der Waals surface area contributed by atoms with Crippen molar-refractivity contribution in [1.82, 2.24) is 4.90 Å². The average molecular weight is 310 g/mol. The Morgan fingerprint density at radius 2 is 2.00 bits per heavy atom. The molecule has 1 aliphatic carbocycles. The summed E-state index contributed by atoms with van der Waals surface area (Å²) in [5.74, 6) is 1.44. The second-order valence-electron chi connectivity index (χ2n) is 5.85. The lowest BCUT2D eigenvalue weighted by molar-refractivity contribution is 0.0747. The van der Waals surface area contributed by atoms with Crippen molar-refractivity contribution in [3.05, 3.63) is 29.8 Å². The molecule has 0 atom stereocenters. The van der Waals surface area contributed by atoms with E-state index in [2.05, 4.69) is 6.92 Å². The van der Waals surface area contributed by atoms with E-state index in [-0.39, 0.29) is 5.91 Å². The van der Waals surface area contributed by atoms with Crippen LogP contribution < -0.4 is 4.74 Å². The number of halogens is 1. The van der Waals surface area contributed by atoms with Crippen LogP contribution in [0.3, 0.4) is 0 Å². The molecule has 0 N–H and O–H groups in total. The van der Waals surface area contributed by atoms with E-state index in [4.69, 9.17) is 16.3 Å². The first kappa shape index (κ1) is 16.2. The van der Waals surface area contributed by atoms with Crippen molar-refractivity contribution in [2.45, 2.75) is 38.0 Å². The summed E-state index contributed by atoms with van der Waals surface area (Å²) in [5.41, 5.74) is 0.710. The van der Waals surface area contributed by atoms with E-state index in [1.54, 1.807) is 4.90 Å². The van der Waals surface area contributed by atoms with Gasteiger partial charge < -0.3 is 9.64 Å². The fourth-order valence-electron chi connectivity index (χ4n) is 2.52. The van der Waals surface area contributed by atoms with E-state index < -0.39 is 0 Å². The Morgan fingerprint density at radius 3 is 2.57 bits per heavy atom. The molecule has 1 fully saturated rings. The Balaban J connectivity index is 1.84. The zero-order valence-electron chi connectivity index (χ0n) is 12.8. The summed E-state index contributed by atoms with van der Waals surface area (Å²) in [4.78, 5) is 14.1. The van der Waals surface area contributed by atoms with Crippen LogP contribution in [0.4, 0.5) is 0 Å². The Morgan fingerprint density at radius 1 is 1.33 bits per heavy atom. The molecule has 1 aliphatic rings. The van der Waals surface area contributed by atoms with Gasteiger partial charge in [-0.3, -0.25) is 4.79 Å². The summed E-state index contributed by atoms with van der Waals surface area (Å²) in [7, 11) is 1.86. The van der Waals surface area contributed by atoms with Gasteiger partial charge in [0, 0.05) is 24.5 Å². The zero-order chi connectivity index (χ0) is 15.2. The summed E-state index contributed by atoms with van der Waals surface area (Å²) >= 11 is 5.98. The van der Waals surface area contributed by atoms with Gasteiger partial charge in [0.25, 0.3) is 5.91 Å². The van der Waals surface area contributed by atoms with Gasteiger partial charge in [-0.25, -0.2) is 0 Å². The van der Waals surface area contributed by atoms with Crippen LogP contribution in [0.1, 0.15) is 43.0 Å². The molecule has 1 amide bonds. The summed E-state index contributed by atoms with van der Waals surface area (Å²) < 4.78 is 5.60. The first-order chi connectivity index (χ1) is 10.1. The maximum absolute atomic E-state index is 12.3. The van der Waals surface area contributed by atoms with Crippen molar-refractivity contribution < 1.29 is 9.53 Å². The van der Waals surface area contributed by atoms with E-state index >= 15 is 0 Å². The van der Waals surface area contributed by atoms with E-state index in [0.29, 0.717) is 16.9 Å². The molecule has 0 aromatic heterocycles. The Kier molecular flexibility index (Phi) is 5.92. The third-order valence-corrected chi connectivity index (χ3v) is 4.28. The number of alkyl halides is 1. The highest BCUT2D eigenvalue weighted by molar-refractivity contribution is 6.21. The molecule has 0 radical (unpaired) electrons. The molecule has 0 aliphatic heterocycles. The lowest BCUT2D eigenvalue weighted by Crippen LogP contribution is -2.37. The molecule has 21 heavy (non-hydrogen) atoms. The number of amides is 1. The minimum atomic E-state index is 0.0631. The number of carbonyl (C=O) groups excluding carboxylic acids is 1. The number of hydrogen-bond donors (Lipinski definition) is 0. The molecule has 0 saturated heterocycles. The fourth-order valence-corrected chi connectivity index (χ4v) is 3.03. The van der Waals surface area contributed by atoms with Crippen molar-refractivity contribution >= 4 is 17.5 Å². The predicted molar refractivity (Wildman–Crippen MR) is 86.2 cm³/mol. The van der Waals surface area contributed by atoms with Crippen LogP contribution in [0.25, 0.3) is 0 Å². The van der Waals surface area contributed by atoms with Crippen LogP contribution in [-0.4, -0.2) is 36.4 Å². The van der Waals surface area contributed by atoms with Gasteiger partial charge in [-0.15, -0.1) is 11.6 Å².